The average Bonchev–Trinajstić information content (AvgIpc) is 3.21. The van der Waals surface area contributed by atoms with Crippen LogP contribution in [0.3, 0.4) is 0 Å². The van der Waals surface area contributed by atoms with Gasteiger partial charge in [0.05, 0.1) is 12.2 Å². The molecule has 0 aliphatic rings. The van der Waals surface area contributed by atoms with Crippen molar-refractivity contribution in [2.75, 3.05) is 12.4 Å². The third-order valence-electron chi connectivity index (χ3n) is 5.33. The number of anilines is 1. The maximum Gasteiger partial charge on any atom is 0.219 e. The number of rotatable bonds is 8. The Hall–Kier alpha value is -3.93. The van der Waals surface area contributed by atoms with E-state index >= 15 is 0 Å². The van der Waals surface area contributed by atoms with E-state index in [2.05, 4.69) is 34.7 Å². The molecule has 0 unspecified atom stereocenters. The lowest BCUT2D eigenvalue weighted by Crippen LogP contribution is -2.23. The van der Waals surface area contributed by atoms with Crippen molar-refractivity contribution in [1.29, 1.82) is 0 Å². The fraction of sp³-hybridized carbons (Fsp3) is 0.192. The molecule has 0 atom stereocenters. The average molecular weight is 426 g/mol. The maximum atomic E-state index is 11.5. The van der Waals surface area contributed by atoms with Crippen molar-refractivity contribution in [1.82, 2.24) is 19.7 Å². The van der Waals surface area contributed by atoms with Gasteiger partial charge in [-0.05, 0) is 35.4 Å². The molecule has 0 saturated heterocycles. The van der Waals surface area contributed by atoms with Gasteiger partial charge in [-0.1, -0.05) is 42.5 Å². The van der Waals surface area contributed by atoms with Gasteiger partial charge >= 0.3 is 0 Å². The first-order valence-corrected chi connectivity index (χ1v) is 10.6. The standard InChI is InChI=1S/C26H27N5O/c1-20(32)30(2)17-22-10-6-12-25(14-22)28-16-24-19-31(18-21-8-4-3-5-9-21)29-26(24)23-11-7-13-27-15-23/h3-15,19,28H,16-18H2,1-2H3. The summed E-state index contributed by atoms with van der Waals surface area (Å²) in [5.74, 6) is 0.0512. The minimum absolute atomic E-state index is 0.0512. The van der Waals surface area contributed by atoms with Crippen LogP contribution in [0.15, 0.2) is 85.3 Å². The van der Waals surface area contributed by atoms with Crippen molar-refractivity contribution in [3.8, 4) is 11.3 Å². The van der Waals surface area contributed by atoms with Crippen molar-refractivity contribution in [3.63, 3.8) is 0 Å². The van der Waals surface area contributed by atoms with Crippen molar-refractivity contribution in [2.45, 2.75) is 26.6 Å². The molecule has 0 radical (unpaired) electrons. The number of nitrogens with one attached hydrogen (secondary N) is 1. The van der Waals surface area contributed by atoms with Gasteiger partial charge in [-0.3, -0.25) is 14.5 Å². The number of amides is 1. The number of aromatic nitrogens is 3. The first-order chi connectivity index (χ1) is 15.6. The van der Waals surface area contributed by atoms with Gasteiger partial charge in [-0.25, -0.2) is 0 Å². The number of hydrogen-bond donors (Lipinski definition) is 1. The van der Waals surface area contributed by atoms with Crippen molar-refractivity contribution in [2.24, 2.45) is 0 Å². The summed E-state index contributed by atoms with van der Waals surface area (Å²) in [4.78, 5) is 17.5. The van der Waals surface area contributed by atoms with Gasteiger partial charge in [0.2, 0.25) is 5.91 Å². The normalized spacial score (nSPS) is 10.7. The van der Waals surface area contributed by atoms with Crippen molar-refractivity contribution in [3.05, 3.63) is 102 Å². The highest BCUT2D eigenvalue weighted by atomic mass is 16.2. The molecule has 2 aromatic carbocycles. The van der Waals surface area contributed by atoms with E-state index in [1.807, 2.05) is 66.5 Å². The molecule has 0 spiro atoms. The lowest BCUT2D eigenvalue weighted by molar-refractivity contribution is -0.128. The van der Waals surface area contributed by atoms with E-state index in [0.717, 1.165) is 28.1 Å². The molecule has 4 rings (SSSR count). The SMILES string of the molecule is CC(=O)N(C)Cc1cccc(NCc2cn(Cc3ccccc3)nc2-c2cccnc2)c1. The Balaban J connectivity index is 1.54. The number of nitrogens with zero attached hydrogens (tertiary/aromatic N) is 4. The Bertz CT molecular complexity index is 1170. The molecular formula is C26H27N5O. The van der Waals surface area contributed by atoms with Gasteiger partial charge in [-0.2, -0.15) is 5.10 Å². The molecular weight excluding hydrogens is 398 g/mol. The number of carbonyl (C=O) groups excluding carboxylic acids is 1. The first-order valence-electron chi connectivity index (χ1n) is 10.6. The Morgan fingerprint density at radius 3 is 2.59 bits per heavy atom. The summed E-state index contributed by atoms with van der Waals surface area (Å²) < 4.78 is 1.98. The largest absolute Gasteiger partial charge is 0.381 e. The predicted molar refractivity (Wildman–Crippen MR) is 127 cm³/mol. The summed E-state index contributed by atoms with van der Waals surface area (Å²) in [6, 6.07) is 22.4. The molecule has 0 aliphatic heterocycles. The quantitative estimate of drug-likeness (QED) is 0.449. The summed E-state index contributed by atoms with van der Waals surface area (Å²) in [7, 11) is 1.81. The zero-order chi connectivity index (χ0) is 22.3. The van der Waals surface area contributed by atoms with E-state index in [0.29, 0.717) is 19.6 Å². The van der Waals surface area contributed by atoms with Crippen LogP contribution in [-0.2, 0) is 24.4 Å². The summed E-state index contributed by atoms with van der Waals surface area (Å²) >= 11 is 0. The summed E-state index contributed by atoms with van der Waals surface area (Å²) in [6.45, 7) is 3.50. The number of carbonyl (C=O) groups is 1. The smallest absolute Gasteiger partial charge is 0.219 e. The Kier molecular flexibility index (Phi) is 6.60. The minimum atomic E-state index is 0.0512. The monoisotopic (exact) mass is 425 g/mol. The number of pyridine rings is 1. The minimum Gasteiger partial charge on any atom is -0.381 e. The van der Waals surface area contributed by atoms with Crippen LogP contribution in [0.2, 0.25) is 0 Å². The molecule has 2 aromatic heterocycles. The third-order valence-corrected chi connectivity index (χ3v) is 5.33. The van der Waals surface area contributed by atoms with Gasteiger partial charge in [-0.15, -0.1) is 0 Å². The highest BCUT2D eigenvalue weighted by Gasteiger charge is 2.12. The van der Waals surface area contributed by atoms with E-state index in [9.17, 15) is 4.79 Å². The molecule has 6 heteroatoms. The molecule has 1 amide bonds. The Morgan fingerprint density at radius 1 is 1.03 bits per heavy atom. The molecule has 32 heavy (non-hydrogen) atoms. The number of benzene rings is 2. The van der Waals surface area contributed by atoms with Gasteiger partial charge in [0, 0.05) is 62.5 Å². The predicted octanol–water partition coefficient (Wildman–Crippen LogP) is 4.58. The van der Waals surface area contributed by atoms with Gasteiger partial charge < -0.3 is 10.2 Å². The highest BCUT2D eigenvalue weighted by molar-refractivity contribution is 5.72. The fourth-order valence-electron chi connectivity index (χ4n) is 3.55. The molecule has 162 valence electrons. The lowest BCUT2D eigenvalue weighted by Gasteiger charge is -2.15. The topological polar surface area (TPSA) is 63.1 Å². The Morgan fingerprint density at radius 2 is 1.84 bits per heavy atom. The van der Waals surface area contributed by atoms with E-state index in [1.165, 1.54) is 5.56 Å². The molecule has 6 nitrogen and oxygen atoms in total. The van der Waals surface area contributed by atoms with Crippen LogP contribution in [0.25, 0.3) is 11.3 Å². The van der Waals surface area contributed by atoms with Crippen LogP contribution in [0.5, 0.6) is 0 Å². The van der Waals surface area contributed by atoms with E-state index in [1.54, 1.807) is 18.0 Å². The first kappa shape index (κ1) is 21.3. The summed E-state index contributed by atoms with van der Waals surface area (Å²) in [6.07, 6.45) is 5.71. The summed E-state index contributed by atoms with van der Waals surface area (Å²) in [5, 5.41) is 8.37. The second-order valence-electron chi connectivity index (χ2n) is 7.86. The van der Waals surface area contributed by atoms with E-state index in [4.69, 9.17) is 5.10 Å². The highest BCUT2D eigenvalue weighted by Crippen LogP contribution is 2.23. The van der Waals surface area contributed by atoms with Gasteiger partial charge in [0.1, 0.15) is 0 Å². The molecule has 0 saturated carbocycles. The maximum absolute atomic E-state index is 11.5. The van der Waals surface area contributed by atoms with Crippen LogP contribution in [0, 0.1) is 0 Å². The van der Waals surface area contributed by atoms with Crippen LogP contribution < -0.4 is 5.32 Å². The second-order valence-corrected chi connectivity index (χ2v) is 7.86. The van der Waals surface area contributed by atoms with Crippen LogP contribution in [0.1, 0.15) is 23.6 Å². The second kappa shape index (κ2) is 9.92. The van der Waals surface area contributed by atoms with Crippen LogP contribution in [-0.4, -0.2) is 32.6 Å². The third kappa shape index (κ3) is 5.40. The molecule has 1 N–H and O–H groups in total. The van der Waals surface area contributed by atoms with Crippen molar-refractivity contribution < 1.29 is 4.79 Å². The Labute approximate surface area is 188 Å². The number of hydrogen-bond acceptors (Lipinski definition) is 4. The lowest BCUT2D eigenvalue weighted by atomic mass is 10.1. The van der Waals surface area contributed by atoms with Crippen LogP contribution >= 0.6 is 0 Å². The molecule has 4 aromatic rings. The van der Waals surface area contributed by atoms with E-state index < -0.39 is 0 Å². The zero-order valence-electron chi connectivity index (χ0n) is 18.4. The van der Waals surface area contributed by atoms with Crippen LogP contribution in [0.4, 0.5) is 5.69 Å². The van der Waals surface area contributed by atoms with Gasteiger partial charge in [0.15, 0.2) is 0 Å². The van der Waals surface area contributed by atoms with Gasteiger partial charge in [0.25, 0.3) is 0 Å². The molecule has 0 fully saturated rings. The molecule has 2 heterocycles. The zero-order valence-corrected chi connectivity index (χ0v) is 18.4. The van der Waals surface area contributed by atoms with E-state index in [-0.39, 0.29) is 5.91 Å². The molecule has 0 aliphatic carbocycles. The molecule has 0 bridgehead atoms. The summed E-state index contributed by atoms with van der Waals surface area (Å²) in [5.41, 5.74) is 6.31. The fourth-order valence-corrected chi connectivity index (χ4v) is 3.55. The van der Waals surface area contributed by atoms with Crippen molar-refractivity contribution >= 4 is 11.6 Å².